The summed E-state index contributed by atoms with van der Waals surface area (Å²) >= 11 is 0. The average Bonchev–Trinajstić information content (AvgIpc) is 2.63. The van der Waals surface area contributed by atoms with Gasteiger partial charge in [0.25, 0.3) is 0 Å². The van der Waals surface area contributed by atoms with E-state index in [9.17, 15) is 9.18 Å². The number of rotatable bonds is 5. The van der Waals surface area contributed by atoms with Gasteiger partial charge in [-0.3, -0.25) is 9.69 Å². The van der Waals surface area contributed by atoms with Crippen LogP contribution >= 0.6 is 0 Å². The molecule has 24 heavy (non-hydrogen) atoms. The molecular weight excluding hydrogens is 305 g/mol. The van der Waals surface area contributed by atoms with Gasteiger partial charge >= 0.3 is 0 Å². The molecule has 0 bridgehead atoms. The molecular formula is C19H28FN3O. The van der Waals surface area contributed by atoms with Gasteiger partial charge in [-0.25, -0.2) is 4.39 Å². The number of nitrogens with one attached hydrogen (secondary N) is 1. The molecule has 3 rings (SSSR count). The summed E-state index contributed by atoms with van der Waals surface area (Å²) in [6.45, 7) is 4.86. The lowest BCUT2D eigenvalue weighted by atomic mass is 9.93. The molecule has 0 spiro atoms. The highest BCUT2D eigenvalue weighted by atomic mass is 19.1. The summed E-state index contributed by atoms with van der Waals surface area (Å²) in [5, 5.41) is 3.32. The summed E-state index contributed by atoms with van der Waals surface area (Å²) in [7, 11) is 0. The standard InChI is InChI=1S/C19H28FN3O/c20-17-8-6-16(7-9-17)14-23(18-4-2-1-3-5-18)19(24)15-22-12-10-21-11-13-22/h6-9,18,21H,1-5,10-15H2. The predicted octanol–water partition coefficient (Wildman–Crippen LogP) is 2.39. The van der Waals surface area contributed by atoms with Gasteiger partial charge in [-0.2, -0.15) is 0 Å². The maximum atomic E-state index is 13.2. The van der Waals surface area contributed by atoms with E-state index < -0.39 is 0 Å². The van der Waals surface area contributed by atoms with Crippen molar-refractivity contribution in [2.24, 2.45) is 0 Å². The van der Waals surface area contributed by atoms with E-state index in [1.54, 1.807) is 12.1 Å². The molecule has 1 saturated carbocycles. The van der Waals surface area contributed by atoms with Gasteiger partial charge in [0.15, 0.2) is 0 Å². The predicted molar refractivity (Wildman–Crippen MR) is 93.1 cm³/mol. The van der Waals surface area contributed by atoms with Crippen molar-refractivity contribution in [3.63, 3.8) is 0 Å². The van der Waals surface area contributed by atoms with Gasteiger partial charge in [0.05, 0.1) is 6.54 Å². The normalized spacial score (nSPS) is 20.0. The van der Waals surface area contributed by atoms with Crippen LogP contribution in [0.25, 0.3) is 0 Å². The molecule has 1 aromatic carbocycles. The number of hydrogen-bond acceptors (Lipinski definition) is 3. The fraction of sp³-hybridized carbons (Fsp3) is 0.632. The third kappa shape index (κ3) is 4.77. The first-order valence-electron chi connectivity index (χ1n) is 9.19. The Kier molecular flexibility index (Phi) is 6.21. The molecule has 4 nitrogen and oxygen atoms in total. The van der Waals surface area contributed by atoms with Crippen molar-refractivity contribution >= 4 is 5.91 Å². The van der Waals surface area contributed by atoms with Crippen LogP contribution in [0.15, 0.2) is 24.3 Å². The highest BCUT2D eigenvalue weighted by Gasteiger charge is 2.27. The van der Waals surface area contributed by atoms with Crippen LogP contribution in [0.2, 0.25) is 0 Å². The summed E-state index contributed by atoms with van der Waals surface area (Å²) < 4.78 is 13.2. The Hall–Kier alpha value is -1.46. The van der Waals surface area contributed by atoms with Gasteiger partial charge in [-0.15, -0.1) is 0 Å². The fourth-order valence-corrected chi connectivity index (χ4v) is 3.75. The third-order valence-corrected chi connectivity index (χ3v) is 5.17. The monoisotopic (exact) mass is 333 g/mol. The van der Waals surface area contributed by atoms with E-state index in [1.165, 1.54) is 31.4 Å². The minimum atomic E-state index is -0.227. The Bertz CT molecular complexity index is 522. The van der Waals surface area contributed by atoms with Crippen LogP contribution in [0, 0.1) is 5.82 Å². The Morgan fingerprint density at radius 3 is 2.46 bits per heavy atom. The van der Waals surface area contributed by atoms with Gasteiger partial charge in [0.1, 0.15) is 5.82 Å². The molecule has 1 heterocycles. The zero-order valence-corrected chi connectivity index (χ0v) is 14.3. The molecule has 2 aliphatic rings. The van der Waals surface area contributed by atoms with E-state index in [4.69, 9.17) is 0 Å². The molecule has 0 radical (unpaired) electrons. The van der Waals surface area contributed by atoms with E-state index in [0.717, 1.165) is 44.6 Å². The van der Waals surface area contributed by atoms with Crippen molar-refractivity contribution in [3.8, 4) is 0 Å². The molecule has 1 amide bonds. The van der Waals surface area contributed by atoms with E-state index in [2.05, 4.69) is 15.1 Å². The van der Waals surface area contributed by atoms with Crippen molar-refractivity contribution < 1.29 is 9.18 Å². The average molecular weight is 333 g/mol. The highest BCUT2D eigenvalue weighted by molar-refractivity contribution is 5.78. The van der Waals surface area contributed by atoms with Crippen LogP contribution in [0.4, 0.5) is 4.39 Å². The highest BCUT2D eigenvalue weighted by Crippen LogP contribution is 2.24. The lowest BCUT2D eigenvalue weighted by Crippen LogP contribution is -2.50. The van der Waals surface area contributed by atoms with Crippen LogP contribution in [0.5, 0.6) is 0 Å². The number of amides is 1. The van der Waals surface area contributed by atoms with E-state index >= 15 is 0 Å². The maximum absolute atomic E-state index is 13.2. The largest absolute Gasteiger partial charge is 0.334 e. The van der Waals surface area contributed by atoms with E-state index in [0.29, 0.717) is 19.1 Å². The van der Waals surface area contributed by atoms with Crippen molar-refractivity contribution in [2.45, 2.75) is 44.7 Å². The SMILES string of the molecule is O=C(CN1CCNCC1)N(Cc1ccc(F)cc1)C1CCCCC1. The summed E-state index contributed by atoms with van der Waals surface area (Å²) in [5.74, 6) is -0.0109. The second-order valence-corrected chi connectivity index (χ2v) is 6.97. The summed E-state index contributed by atoms with van der Waals surface area (Å²) in [6, 6.07) is 6.89. The minimum Gasteiger partial charge on any atom is -0.334 e. The first-order chi connectivity index (χ1) is 11.7. The number of hydrogen-bond donors (Lipinski definition) is 1. The molecule has 1 saturated heterocycles. The molecule has 0 aromatic heterocycles. The summed E-state index contributed by atoms with van der Waals surface area (Å²) in [5.41, 5.74) is 1.01. The van der Waals surface area contributed by atoms with Crippen molar-refractivity contribution in [2.75, 3.05) is 32.7 Å². The third-order valence-electron chi connectivity index (χ3n) is 5.17. The first kappa shape index (κ1) is 17.4. The molecule has 1 N–H and O–H groups in total. The summed E-state index contributed by atoms with van der Waals surface area (Å²) in [6.07, 6.45) is 5.85. The Labute approximate surface area is 144 Å². The van der Waals surface area contributed by atoms with Crippen LogP contribution in [-0.2, 0) is 11.3 Å². The Morgan fingerprint density at radius 1 is 1.12 bits per heavy atom. The second kappa shape index (κ2) is 8.58. The van der Waals surface area contributed by atoms with Gasteiger partial charge in [-0.05, 0) is 30.5 Å². The van der Waals surface area contributed by atoms with Crippen LogP contribution in [-0.4, -0.2) is 54.5 Å². The molecule has 0 unspecified atom stereocenters. The molecule has 5 heteroatoms. The van der Waals surface area contributed by atoms with E-state index in [1.807, 2.05) is 0 Å². The van der Waals surface area contributed by atoms with Crippen molar-refractivity contribution in [1.29, 1.82) is 0 Å². The number of halogens is 1. The van der Waals surface area contributed by atoms with Crippen molar-refractivity contribution in [1.82, 2.24) is 15.1 Å². The molecule has 2 fully saturated rings. The molecule has 1 aliphatic carbocycles. The Balaban J connectivity index is 1.67. The van der Waals surface area contributed by atoms with Gasteiger partial charge < -0.3 is 10.2 Å². The van der Waals surface area contributed by atoms with Crippen LogP contribution in [0.3, 0.4) is 0 Å². The number of carbonyl (C=O) groups is 1. The number of piperazine rings is 1. The van der Waals surface area contributed by atoms with Gasteiger partial charge in [0.2, 0.25) is 5.91 Å². The van der Waals surface area contributed by atoms with Gasteiger partial charge in [0, 0.05) is 38.8 Å². The fourth-order valence-electron chi connectivity index (χ4n) is 3.75. The molecule has 1 aromatic rings. The second-order valence-electron chi connectivity index (χ2n) is 6.97. The number of carbonyl (C=O) groups excluding carboxylic acids is 1. The number of benzene rings is 1. The van der Waals surface area contributed by atoms with Crippen LogP contribution in [0.1, 0.15) is 37.7 Å². The minimum absolute atomic E-state index is 0.216. The number of nitrogens with zero attached hydrogens (tertiary/aromatic N) is 2. The topological polar surface area (TPSA) is 35.6 Å². The Morgan fingerprint density at radius 2 is 1.79 bits per heavy atom. The quantitative estimate of drug-likeness (QED) is 0.899. The zero-order chi connectivity index (χ0) is 16.8. The van der Waals surface area contributed by atoms with Crippen LogP contribution < -0.4 is 5.32 Å². The lowest BCUT2D eigenvalue weighted by Gasteiger charge is -2.36. The van der Waals surface area contributed by atoms with Gasteiger partial charge in [-0.1, -0.05) is 31.4 Å². The van der Waals surface area contributed by atoms with E-state index in [-0.39, 0.29) is 11.7 Å². The first-order valence-corrected chi connectivity index (χ1v) is 9.19. The lowest BCUT2D eigenvalue weighted by molar-refractivity contribution is -0.136. The van der Waals surface area contributed by atoms with Crippen molar-refractivity contribution in [3.05, 3.63) is 35.6 Å². The zero-order valence-electron chi connectivity index (χ0n) is 14.3. The molecule has 0 atom stereocenters. The maximum Gasteiger partial charge on any atom is 0.237 e. The summed E-state index contributed by atoms with van der Waals surface area (Å²) in [4.78, 5) is 17.3. The molecule has 1 aliphatic heterocycles. The molecule has 132 valence electrons. The smallest absolute Gasteiger partial charge is 0.237 e.